The van der Waals surface area contributed by atoms with Crippen LogP contribution in [0.4, 0.5) is 0 Å². The Hall–Kier alpha value is -1.73. The third kappa shape index (κ3) is 4.62. The second kappa shape index (κ2) is 7.70. The Kier molecular flexibility index (Phi) is 5.90. The van der Waals surface area contributed by atoms with Crippen LogP contribution in [-0.2, 0) is 12.8 Å². The molecule has 0 saturated heterocycles. The Morgan fingerprint density at radius 1 is 1.43 bits per heavy atom. The molecular formula is C16H23N3O3S. The van der Waals surface area contributed by atoms with Gasteiger partial charge < -0.3 is 19.4 Å². The number of imidazole rings is 1. The van der Waals surface area contributed by atoms with Crippen LogP contribution >= 0.6 is 11.8 Å². The van der Waals surface area contributed by atoms with Crippen molar-refractivity contribution in [1.29, 1.82) is 0 Å². The highest BCUT2D eigenvalue weighted by atomic mass is 32.2. The molecule has 0 unspecified atom stereocenters. The molecule has 1 amide bonds. The van der Waals surface area contributed by atoms with Crippen LogP contribution < -0.4 is 5.32 Å². The Morgan fingerprint density at radius 3 is 2.78 bits per heavy atom. The maximum atomic E-state index is 12.1. The molecule has 0 aliphatic carbocycles. The molecule has 0 aliphatic heterocycles. The predicted octanol–water partition coefficient (Wildman–Crippen LogP) is 2.59. The lowest BCUT2D eigenvalue weighted by Gasteiger charge is -2.24. The molecule has 23 heavy (non-hydrogen) atoms. The smallest absolute Gasteiger partial charge is 0.287 e. The van der Waals surface area contributed by atoms with Crippen LogP contribution in [0.5, 0.6) is 0 Å². The summed E-state index contributed by atoms with van der Waals surface area (Å²) in [7, 11) is 1.93. The van der Waals surface area contributed by atoms with Gasteiger partial charge in [-0.3, -0.25) is 4.79 Å². The number of aliphatic hydroxyl groups is 1. The van der Waals surface area contributed by atoms with Gasteiger partial charge in [0.1, 0.15) is 5.76 Å². The van der Waals surface area contributed by atoms with Gasteiger partial charge in [0.15, 0.2) is 10.9 Å². The molecule has 0 atom stereocenters. The average molecular weight is 337 g/mol. The van der Waals surface area contributed by atoms with Crippen molar-refractivity contribution in [3.05, 3.63) is 36.0 Å². The lowest BCUT2D eigenvalue weighted by molar-refractivity contribution is 0.0309. The van der Waals surface area contributed by atoms with Gasteiger partial charge in [0.25, 0.3) is 5.91 Å². The Balaban J connectivity index is 1.88. The number of rotatable bonds is 8. The van der Waals surface area contributed by atoms with E-state index in [0.717, 1.165) is 5.16 Å². The molecule has 0 spiro atoms. The number of carbonyl (C=O) groups is 1. The number of hydrogen-bond donors (Lipinski definition) is 2. The van der Waals surface area contributed by atoms with E-state index in [2.05, 4.69) is 10.3 Å². The van der Waals surface area contributed by atoms with E-state index in [1.54, 1.807) is 30.1 Å². The Bertz CT molecular complexity index is 647. The zero-order valence-electron chi connectivity index (χ0n) is 13.7. The largest absolute Gasteiger partial charge is 0.455 e. The number of nitrogens with one attached hydrogen (secondary N) is 1. The normalized spacial score (nSPS) is 11.7. The van der Waals surface area contributed by atoms with Crippen molar-refractivity contribution in [1.82, 2.24) is 14.9 Å². The van der Waals surface area contributed by atoms with E-state index >= 15 is 0 Å². The van der Waals surface area contributed by atoms with E-state index in [1.165, 1.54) is 0 Å². The predicted molar refractivity (Wildman–Crippen MR) is 89.3 cm³/mol. The monoisotopic (exact) mass is 337 g/mol. The van der Waals surface area contributed by atoms with E-state index in [-0.39, 0.29) is 18.2 Å². The lowest BCUT2D eigenvalue weighted by atomic mass is 9.97. The molecule has 0 radical (unpaired) electrons. The van der Waals surface area contributed by atoms with Gasteiger partial charge in [-0.1, -0.05) is 25.6 Å². The summed E-state index contributed by atoms with van der Waals surface area (Å²) in [6, 6.07) is 3.44. The third-order valence-corrected chi connectivity index (χ3v) is 4.98. The molecular weight excluding hydrogens is 314 g/mol. The molecule has 2 aromatic rings. The molecule has 2 heterocycles. The highest BCUT2D eigenvalue weighted by molar-refractivity contribution is 7.98. The molecule has 0 saturated carbocycles. The first-order valence-corrected chi connectivity index (χ1v) is 8.65. The lowest BCUT2D eigenvalue weighted by Crippen LogP contribution is -2.41. The molecule has 2 rings (SSSR count). The highest BCUT2D eigenvalue weighted by Crippen LogP contribution is 2.22. The minimum absolute atomic E-state index is 0.219. The summed E-state index contributed by atoms with van der Waals surface area (Å²) in [5, 5.41) is 13.8. The van der Waals surface area contributed by atoms with Crippen molar-refractivity contribution in [2.45, 2.75) is 43.2 Å². The van der Waals surface area contributed by atoms with Crippen LogP contribution in [0.25, 0.3) is 0 Å². The maximum absolute atomic E-state index is 12.1. The summed E-state index contributed by atoms with van der Waals surface area (Å²) < 4.78 is 7.49. The first-order chi connectivity index (χ1) is 11.0. The minimum Gasteiger partial charge on any atom is -0.455 e. The summed E-state index contributed by atoms with van der Waals surface area (Å²) in [5.41, 5.74) is -0.862. The molecule has 6 nitrogen and oxygen atoms in total. The van der Waals surface area contributed by atoms with Crippen molar-refractivity contribution in [3.63, 3.8) is 0 Å². The quantitative estimate of drug-likeness (QED) is 0.724. The van der Waals surface area contributed by atoms with Gasteiger partial charge >= 0.3 is 0 Å². The van der Waals surface area contributed by atoms with Gasteiger partial charge in [0.05, 0.1) is 11.4 Å². The first kappa shape index (κ1) is 17.6. The van der Waals surface area contributed by atoms with Crippen molar-refractivity contribution < 1.29 is 14.3 Å². The molecule has 126 valence electrons. The summed E-state index contributed by atoms with van der Waals surface area (Å²) in [6.45, 7) is 4.02. The molecule has 0 fully saturated rings. The van der Waals surface area contributed by atoms with Crippen LogP contribution in [0.1, 0.15) is 43.0 Å². The summed E-state index contributed by atoms with van der Waals surface area (Å²) in [4.78, 5) is 16.3. The average Bonchev–Trinajstić information content (AvgIpc) is 3.19. The number of carbonyl (C=O) groups excluding carboxylic acids is 1. The van der Waals surface area contributed by atoms with Gasteiger partial charge in [-0.15, -0.1) is 0 Å². The van der Waals surface area contributed by atoms with E-state index in [4.69, 9.17) is 4.42 Å². The van der Waals surface area contributed by atoms with Crippen LogP contribution in [0, 0.1) is 0 Å². The number of furan rings is 1. The van der Waals surface area contributed by atoms with E-state index in [9.17, 15) is 9.90 Å². The van der Waals surface area contributed by atoms with Gasteiger partial charge in [0, 0.05) is 26.0 Å². The van der Waals surface area contributed by atoms with Crippen molar-refractivity contribution >= 4 is 17.7 Å². The van der Waals surface area contributed by atoms with Crippen molar-refractivity contribution in [3.8, 4) is 0 Å². The molecule has 0 aliphatic rings. The zero-order valence-corrected chi connectivity index (χ0v) is 14.5. The van der Waals surface area contributed by atoms with Crippen molar-refractivity contribution in [2.75, 3.05) is 6.54 Å². The number of nitrogens with zero attached hydrogens (tertiary/aromatic N) is 2. The molecule has 2 aromatic heterocycles. The third-order valence-electron chi connectivity index (χ3n) is 3.90. The number of thioether (sulfide) groups is 1. The SMILES string of the molecule is CCC(O)(CC)CNC(=O)c1ccc(CSc2nccn2C)o1. The van der Waals surface area contributed by atoms with Crippen LogP contribution in [0.15, 0.2) is 34.1 Å². The van der Waals surface area contributed by atoms with E-state index < -0.39 is 5.60 Å². The maximum Gasteiger partial charge on any atom is 0.287 e. The van der Waals surface area contributed by atoms with E-state index in [0.29, 0.717) is 24.4 Å². The standard InChI is InChI=1S/C16H23N3O3S/c1-4-16(21,5-2)11-18-14(20)13-7-6-12(22-13)10-23-15-17-8-9-19(15)3/h6-9,21H,4-5,10-11H2,1-3H3,(H,18,20). The molecule has 0 aromatic carbocycles. The molecule has 2 N–H and O–H groups in total. The summed E-state index contributed by atoms with van der Waals surface area (Å²) in [5.74, 6) is 1.27. The van der Waals surface area contributed by atoms with Gasteiger partial charge in [-0.05, 0) is 25.0 Å². The summed E-state index contributed by atoms with van der Waals surface area (Å²) >= 11 is 1.54. The van der Waals surface area contributed by atoms with E-state index in [1.807, 2.05) is 31.7 Å². The van der Waals surface area contributed by atoms with Gasteiger partial charge in [0.2, 0.25) is 0 Å². The number of aromatic nitrogens is 2. The van der Waals surface area contributed by atoms with Crippen molar-refractivity contribution in [2.24, 2.45) is 7.05 Å². The second-order valence-electron chi connectivity index (χ2n) is 5.49. The Labute approximate surface area is 140 Å². The van der Waals surface area contributed by atoms with Crippen LogP contribution in [0.3, 0.4) is 0 Å². The number of aryl methyl sites for hydroxylation is 1. The second-order valence-corrected chi connectivity index (χ2v) is 6.43. The minimum atomic E-state index is -0.862. The van der Waals surface area contributed by atoms with Gasteiger partial charge in [-0.2, -0.15) is 0 Å². The molecule has 7 heteroatoms. The van der Waals surface area contributed by atoms with Crippen LogP contribution in [-0.4, -0.2) is 32.7 Å². The first-order valence-electron chi connectivity index (χ1n) is 7.67. The molecule has 0 bridgehead atoms. The number of amides is 1. The number of hydrogen-bond acceptors (Lipinski definition) is 5. The fourth-order valence-electron chi connectivity index (χ4n) is 2.04. The fourth-order valence-corrected chi connectivity index (χ4v) is 2.86. The Morgan fingerprint density at radius 2 is 2.17 bits per heavy atom. The van der Waals surface area contributed by atoms with Gasteiger partial charge in [-0.25, -0.2) is 4.98 Å². The topological polar surface area (TPSA) is 80.3 Å². The summed E-state index contributed by atoms with van der Waals surface area (Å²) in [6.07, 6.45) is 4.80. The van der Waals surface area contributed by atoms with Crippen LogP contribution in [0.2, 0.25) is 0 Å². The fraction of sp³-hybridized carbons (Fsp3) is 0.500. The zero-order chi connectivity index (χ0) is 16.9. The highest BCUT2D eigenvalue weighted by Gasteiger charge is 2.23.